The van der Waals surface area contributed by atoms with Crippen molar-refractivity contribution in [1.29, 1.82) is 0 Å². The molecule has 2 aromatic heterocycles. The van der Waals surface area contributed by atoms with E-state index in [1.165, 1.54) is 11.3 Å². The zero-order chi connectivity index (χ0) is 22.5. The van der Waals surface area contributed by atoms with Gasteiger partial charge in [-0.15, -0.1) is 23.0 Å². The number of hydrogen-bond acceptors (Lipinski definition) is 7. The number of phenolic OH excluding ortho intramolecular Hbond substituents is 1. The average molecular weight is 448 g/mol. The van der Waals surface area contributed by atoms with Gasteiger partial charge in [0.25, 0.3) is 0 Å². The summed E-state index contributed by atoms with van der Waals surface area (Å²) in [6.07, 6.45) is 3.31. The van der Waals surface area contributed by atoms with Crippen LogP contribution in [-0.2, 0) is 6.54 Å². The van der Waals surface area contributed by atoms with Crippen molar-refractivity contribution in [2.45, 2.75) is 13.5 Å². The molecule has 0 aliphatic heterocycles. The average Bonchev–Trinajstić information content (AvgIpc) is 3.18. The van der Waals surface area contributed by atoms with Crippen LogP contribution in [0.3, 0.4) is 0 Å². The lowest BCUT2D eigenvalue weighted by Crippen LogP contribution is -2.17. The Labute approximate surface area is 187 Å². The molecule has 2 heterocycles. The first-order valence-electron chi connectivity index (χ1n) is 9.96. The highest BCUT2D eigenvalue weighted by molar-refractivity contribution is 7.07. The van der Waals surface area contributed by atoms with E-state index in [1.807, 2.05) is 41.1 Å². The summed E-state index contributed by atoms with van der Waals surface area (Å²) in [7, 11) is 0. The molecule has 1 N–H and O–H groups in total. The molecule has 7 nitrogen and oxygen atoms in total. The predicted molar refractivity (Wildman–Crippen MR) is 126 cm³/mol. The Morgan fingerprint density at radius 1 is 1.25 bits per heavy atom. The van der Waals surface area contributed by atoms with E-state index in [2.05, 4.69) is 16.8 Å². The van der Waals surface area contributed by atoms with E-state index < -0.39 is 5.63 Å². The molecular formula is C24H21N3O4S. The number of hydrogen-bond donors (Lipinski definition) is 1. The van der Waals surface area contributed by atoms with Crippen molar-refractivity contribution in [3.05, 3.63) is 87.4 Å². The molecule has 0 spiro atoms. The molecule has 0 saturated heterocycles. The number of ether oxygens (including phenoxy) is 1. The molecule has 4 aromatic rings. The van der Waals surface area contributed by atoms with Gasteiger partial charge in [0.1, 0.15) is 5.58 Å². The molecule has 0 saturated carbocycles. The fourth-order valence-electron chi connectivity index (χ4n) is 3.20. The van der Waals surface area contributed by atoms with Crippen LogP contribution >= 0.6 is 11.3 Å². The topological polar surface area (TPSA) is 89.3 Å². The maximum atomic E-state index is 12.6. The molecule has 0 aliphatic carbocycles. The summed E-state index contributed by atoms with van der Waals surface area (Å²) in [5.41, 5.74) is 2.00. The van der Waals surface area contributed by atoms with Crippen molar-refractivity contribution < 1.29 is 14.3 Å². The van der Waals surface area contributed by atoms with Gasteiger partial charge < -0.3 is 18.8 Å². The smallest absolute Gasteiger partial charge is 0.345 e. The minimum atomic E-state index is -0.415. The minimum absolute atomic E-state index is 0.0712. The Morgan fingerprint density at radius 3 is 2.91 bits per heavy atom. The second kappa shape index (κ2) is 9.49. The Hall–Kier alpha value is -3.91. The number of benzene rings is 2. The number of aromatic hydroxyl groups is 1. The van der Waals surface area contributed by atoms with Gasteiger partial charge in [-0.2, -0.15) is 5.10 Å². The number of phenols is 1. The van der Waals surface area contributed by atoms with Crippen molar-refractivity contribution >= 4 is 28.5 Å². The first-order chi connectivity index (χ1) is 15.6. The second-order valence-electron chi connectivity index (χ2n) is 6.79. The Balaban J connectivity index is 1.73. The van der Waals surface area contributed by atoms with Gasteiger partial charge in [-0.3, -0.25) is 0 Å². The van der Waals surface area contributed by atoms with Crippen LogP contribution in [0, 0.1) is 0 Å². The van der Waals surface area contributed by atoms with Crippen LogP contribution in [0.5, 0.6) is 11.5 Å². The number of para-hydroxylation sites is 1. The first kappa shape index (κ1) is 21.3. The zero-order valence-electron chi connectivity index (χ0n) is 17.4. The third-order valence-corrected chi connectivity index (χ3v) is 5.51. The van der Waals surface area contributed by atoms with Crippen LogP contribution in [-0.4, -0.2) is 22.5 Å². The highest BCUT2D eigenvalue weighted by Crippen LogP contribution is 2.26. The summed E-state index contributed by atoms with van der Waals surface area (Å²) in [6, 6.07) is 14.2. The standard InChI is InChI=1S/C24H21N3O4S/c1-3-11-27-19(18-13-17-7-5-6-8-21(17)31-23(18)29)15-32-24(27)26-25-14-16-9-10-20(28)22(12-16)30-4-2/h3,5-10,12-15,28H,1,4,11H2,2H3/b25-14-,26-24+. The Bertz CT molecular complexity index is 1430. The van der Waals surface area contributed by atoms with E-state index in [1.54, 1.807) is 36.6 Å². The van der Waals surface area contributed by atoms with Crippen molar-refractivity contribution in [2.24, 2.45) is 10.2 Å². The number of thiazole rings is 1. The first-order valence-corrected chi connectivity index (χ1v) is 10.8. The number of allylic oxidation sites excluding steroid dienone is 1. The minimum Gasteiger partial charge on any atom is -0.504 e. The molecule has 0 atom stereocenters. The van der Waals surface area contributed by atoms with Gasteiger partial charge in [0.05, 0.1) is 24.1 Å². The SMILES string of the molecule is C=CCn1c(-c2cc3ccccc3oc2=O)cs/c1=N/N=C\c1ccc(O)c(OCC)c1. The fraction of sp³-hybridized carbons (Fsp3) is 0.125. The molecule has 2 aromatic carbocycles. The number of nitrogens with zero attached hydrogens (tertiary/aromatic N) is 3. The molecule has 0 unspecified atom stereocenters. The molecular weight excluding hydrogens is 426 g/mol. The van der Waals surface area contributed by atoms with Crippen LogP contribution < -0.4 is 15.2 Å². The van der Waals surface area contributed by atoms with Crippen molar-refractivity contribution in [2.75, 3.05) is 6.61 Å². The lowest BCUT2D eigenvalue weighted by Gasteiger charge is -2.06. The molecule has 0 amide bonds. The molecule has 0 radical (unpaired) electrons. The van der Waals surface area contributed by atoms with E-state index in [4.69, 9.17) is 9.15 Å². The molecule has 4 rings (SSSR count). The molecule has 162 valence electrons. The van der Waals surface area contributed by atoms with Crippen LogP contribution in [0.4, 0.5) is 0 Å². The van der Waals surface area contributed by atoms with Gasteiger partial charge >= 0.3 is 5.63 Å². The predicted octanol–water partition coefficient (Wildman–Crippen LogP) is 4.55. The van der Waals surface area contributed by atoms with Crippen LogP contribution in [0.25, 0.3) is 22.2 Å². The summed E-state index contributed by atoms with van der Waals surface area (Å²) < 4.78 is 12.7. The van der Waals surface area contributed by atoms with Crippen LogP contribution in [0.2, 0.25) is 0 Å². The van der Waals surface area contributed by atoms with E-state index in [-0.39, 0.29) is 5.75 Å². The largest absolute Gasteiger partial charge is 0.504 e. The number of aromatic nitrogens is 1. The van der Waals surface area contributed by atoms with Crippen LogP contribution in [0.15, 0.2) is 86.0 Å². The van der Waals surface area contributed by atoms with Crippen molar-refractivity contribution in [3.8, 4) is 22.8 Å². The summed E-state index contributed by atoms with van der Waals surface area (Å²) >= 11 is 1.36. The number of fused-ring (bicyclic) bond motifs is 1. The van der Waals surface area contributed by atoms with Crippen molar-refractivity contribution in [3.63, 3.8) is 0 Å². The summed E-state index contributed by atoms with van der Waals surface area (Å²) in [5.74, 6) is 0.460. The lowest BCUT2D eigenvalue weighted by molar-refractivity contribution is 0.318. The number of rotatable bonds is 7. The molecule has 0 fully saturated rings. The molecule has 8 heteroatoms. The molecule has 0 aliphatic rings. The maximum Gasteiger partial charge on any atom is 0.345 e. The summed E-state index contributed by atoms with van der Waals surface area (Å²) in [4.78, 5) is 13.2. The Morgan fingerprint density at radius 2 is 2.09 bits per heavy atom. The fourth-order valence-corrected chi connectivity index (χ4v) is 4.06. The lowest BCUT2D eigenvalue weighted by atomic mass is 10.1. The zero-order valence-corrected chi connectivity index (χ0v) is 18.2. The van der Waals surface area contributed by atoms with Crippen molar-refractivity contribution in [1.82, 2.24) is 4.57 Å². The summed E-state index contributed by atoms with van der Waals surface area (Å²) in [5, 5.41) is 21.0. The quantitative estimate of drug-likeness (QED) is 0.195. The second-order valence-corrected chi connectivity index (χ2v) is 7.63. The van der Waals surface area contributed by atoms with E-state index in [9.17, 15) is 9.90 Å². The van der Waals surface area contributed by atoms with Gasteiger partial charge in [-0.25, -0.2) is 4.79 Å². The van der Waals surface area contributed by atoms with E-state index >= 15 is 0 Å². The van der Waals surface area contributed by atoms with Gasteiger partial charge in [0.15, 0.2) is 11.5 Å². The van der Waals surface area contributed by atoms with E-state index in [0.717, 1.165) is 10.9 Å². The van der Waals surface area contributed by atoms with Crippen LogP contribution in [0.1, 0.15) is 12.5 Å². The monoisotopic (exact) mass is 447 g/mol. The van der Waals surface area contributed by atoms with E-state index in [0.29, 0.717) is 40.5 Å². The maximum absolute atomic E-state index is 12.6. The molecule has 0 bridgehead atoms. The normalized spacial score (nSPS) is 12.0. The highest BCUT2D eigenvalue weighted by Gasteiger charge is 2.13. The summed E-state index contributed by atoms with van der Waals surface area (Å²) in [6.45, 7) is 6.55. The van der Waals surface area contributed by atoms with Gasteiger partial charge in [-0.05, 0) is 42.8 Å². The third-order valence-electron chi connectivity index (χ3n) is 4.66. The Kier molecular flexibility index (Phi) is 6.32. The van der Waals surface area contributed by atoms with Gasteiger partial charge in [-0.1, -0.05) is 24.3 Å². The molecule has 32 heavy (non-hydrogen) atoms. The third kappa shape index (κ3) is 4.40. The van der Waals surface area contributed by atoms with Gasteiger partial charge in [0.2, 0.25) is 4.80 Å². The highest BCUT2D eigenvalue weighted by atomic mass is 32.1. The van der Waals surface area contributed by atoms with Gasteiger partial charge in [0, 0.05) is 17.3 Å².